The fraction of sp³-hybridized carbons (Fsp3) is 0.273. The van der Waals surface area contributed by atoms with Crippen LogP contribution in [0.5, 0.6) is 5.75 Å². The summed E-state index contributed by atoms with van der Waals surface area (Å²) < 4.78 is 31.8. The van der Waals surface area contributed by atoms with Gasteiger partial charge >= 0.3 is 5.97 Å². The summed E-state index contributed by atoms with van der Waals surface area (Å²) in [6.45, 7) is 2.41. The summed E-state index contributed by atoms with van der Waals surface area (Å²) in [6.07, 6.45) is -0.372. The molecule has 0 saturated heterocycles. The van der Waals surface area contributed by atoms with E-state index in [-0.39, 0.29) is 24.8 Å². The number of thioether (sulfide) groups is 1. The summed E-state index contributed by atoms with van der Waals surface area (Å²) in [7, 11) is 0. The van der Waals surface area contributed by atoms with E-state index in [9.17, 15) is 9.18 Å². The number of hydrogen-bond donors (Lipinski definition) is 0. The van der Waals surface area contributed by atoms with Gasteiger partial charge in [0.25, 0.3) is 0 Å². The molecule has 1 aliphatic heterocycles. The van der Waals surface area contributed by atoms with Crippen molar-refractivity contribution in [2.24, 2.45) is 0 Å². The smallest absolute Gasteiger partial charge is 0.311 e. The van der Waals surface area contributed by atoms with Crippen LogP contribution in [-0.2, 0) is 33.0 Å². The van der Waals surface area contributed by atoms with Gasteiger partial charge in [0, 0.05) is 27.8 Å². The Morgan fingerprint density at radius 3 is 2.97 bits per heavy atom. The SMILES string of the molecule is CCOC(=O)Cc1csc(SCc2cc(F)cc3c2O[C@H](c2ccccc2)OC3)n1. The molecule has 0 spiro atoms. The molecule has 156 valence electrons. The lowest BCUT2D eigenvalue weighted by atomic mass is 10.1. The van der Waals surface area contributed by atoms with E-state index in [2.05, 4.69) is 4.98 Å². The lowest BCUT2D eigenvalue weighted by molar-refractivity contribution is -0.142. The molecule has 0 saturated carbocycles. The van der Waals surface area contributed by atoms with Gasteiger partial charge in [-0.05, 0) is 19.1 Å². The number of halogens is 1. The Morgan fingerprint density at radius 1 is 1.33 bits per heavy atom. The highest BCUT2D eigenvalue weighted by Crippen LogP contribution is 2.39. The summed E-state index contributed by atoms with van der Waals surface area (Å²) in [5.74, 6) is 0.539. The molecule has 3 aromatic rings. The quantitative estimate of drug-likeness (QED) is 0.364. The van der Waals surface area contributed by atoms with Crippen LogP contribution in [0.3, 0.4) is 0 Å². The second-order valence-corrected chi connectivity index (χ2v) is 8.68. The van der Waals surface area contributed by atoms with Crippen molar-refractivity contribution in [2.45, 2.75) is 36.3 Å². The van der Waals surface area contributed by atoms with Crippen molar-refractivity contribution in [1.82, 2.24) is 4.98 Å². The summed E-state index contributed by atoms with van der Waals surface area (Å²) in [5.41, 5.74) is 3.03. The van der Waals surface area contributed by atoms with E-state index >= 15 is 0 Å². The van der Waals surface area contributed by atoms with Gasteiger partial charge in [0.1, 0.15) is 15.9 Å². The van der Waals surface area contributed by atoms with Crippen LogP contribution in [0.1, 0.15) is 35.6 Å². The number of thiazole rings is 1. The zero-order chi connectivity index (χ0) is 20.9. The number of carbonyl (C=O) groups excluding carboxylic acids is 1. The largest absolute Gasteiger partial charge is 0.466 e. The Hall–Kier alpha value is -2.42. The van der Waals surface area contributed by atoms with Crippen molar-refractivity contribution in [3.63, 3.8) is 0 Å². The average molecular weight is 446 g/mol. The zero-order valence-corrected chi connectivity index (χ0v) is 17.9. The van der Waals surface area contributed by atoms with Crippen LogP contribution in [-0.4, -0.2) is 17.6 Å². The molecule has 0 N–H and O–H groups in total. The molecule has 0 amide bonds. The molecule has 1 aromatic heterocycles. The standard InChI is InChI=1S/C22H20FNO4S2/c1-2-26-19(25)10-18-13-30-22(24-18)29-12-16-9-17(23)8-15-11-27-21(28-20(15)16)14-6-4-3-5-7-14/h3-9,13,21H,2,10-12H2,1H3/t21-/m1/s1. The van der Waals surface area contributed by atoms with Crippen molar-refractivity contribution in [1.29, 1.82) is 0 Å². The minimum absolute atomic E-state index is 0.152. The van der Waals surface area contributed by atoms with Crippen molar-refractivity contribution < 1.29 is 23.4 Å². The number of ether oxygens (including phenoxy) is 3. The molecule has 1 atom stereocenters. The van der Waals surface area contributed by atoms with Gasteiger partial charge in [0.15, 0.2) is 0 Å². The molecule has 0 bridgehead atoms. The number of esters is 1. The Bertz CT molecular complexity index is 1030. The lowest BCUT2D eigenvalue weighted by Gasteiger charge is -2.28. The first kappa shape index (κ1) is 20.8. The van der Waals surface area contributed by atoms with E-state index in [1.807, 2.05) is 35.7 Å². The Morgan fingerprint density at radius 2 is 2.17 bits per heavy atom. The maximum Gasteiger partial charge on any atom is 0.311 e. The molecule has 0 fully saturated rings. The minimum Gasteiger partial charge on any atom is -0.466 e. The van der Waals surface area contributed by atoms with Gasteiger partial charge in [-0.15, -0.1) is 11.3 Å². The number of fused-ring (bicyclic) bond motifs is 1. The molecular formula is C22H20FNO4S2. The van der Waals surface area contributed by atoms with Crippen molar-refractivity contribution in [2.75, 3.05) is 6.61 Å². The van der Waals surface area contributed by atoms with Crippen LogP contribution in [0.4, 0.5) is 4.39 Å². The van der Waals surface area contributed by atoms with Crippen LogP contribution >= 0.6 is 23.1 Å². The molecule has 1 aliphatic rings. The molecule has 4 rings (SSSR count). The highest BCUT2D eigenvalue weighted by molar-refractivity contribution is 8.00. The number of hydrogen-bond acceptors (Lipinski definition) is 7. The van der Waals surface area contributed by atoms with Gasteiger partial charge in [-0.25, -0.2) is 9.37 Å². The van der Waals surface area contributed by atoms with Crippen molar-refractivity contribution >= 4 is 29.1 Å². The first-order valence-corrected chi connectivity index (χ1v) is 11.4. The topological polar surface area (TPSA) is 57.7 Å². The number of carbonyl (C=O) groups is 1. The minimum atomic E-state index is -0.524. The van der Waals surface area contributed by atoms with E-state index < -0.39 is 6.29 Å². The third kappa shape index (κ3) is 5.00. The Labute approximate surface area is 182 Å². The monoisotopic (exact) mass is 445 g/mol. The van der Waals surface area contributed by atoms with Crippen molar-refractivity contribution in [3.8, 4) is 5.75 Å². The van der Waals surface area contributed by atoms with Crippen LogP contribution in [0, 0.1) is 5.82 Å². The third-order valence-electron chi connectivity index (χ3n) is 4.41. The van der Waals surface area contributed by atoms with Gasteiger partial charge in [-0.2, -0.15) is 0 Å². The number of benzene rings is 2. The molecule has 2 heterocycles. The summed E-state index contributed by atoms with van der Waals surface area (Å²) in [6, 6.07) is 12.6. The van der Waals surface area contributed by atoms with Gasteiger partial charge in [0.2, 0.25) is 6.29 Å². The molecular weight excluding hydrogens is 425 g/mol. The van der Waals surface area contributed by atoms with Gasteiger partial charge in [-0.3, -0.25) is 4.79 Å². The second kappa shape index (κ2) is 9.59. The second-order valence-electron chi connectivity index (χ2n) is 6.60. The predicted octanol–water partition coefficient (Wildman–Crippen LogP) is 5.29. The fourth-order valence-corrected chi connectivity index (χ4v) is 4.91. The van der Waals surface area contributed by atoms with Crippen LogP contribution in [0.15, 0.2) is 52.2 Å². The molecule has 0 aliphatic carbocycles. The third-order valence-corrected chi connectivity index (χ3v) is 6.53. The molecule has 0 radical (unpaired) electrons. The average Bonchev–Trinajstić information content (AvgIpc) is 3.19. The van der Waals surface area contributed by atoms with Crippen LogP contribution in [0.25, 0.3) is 0 Å². The molecule has 2 aromatic carbocycles. The van der Waals surface area contributed by atoms with Crippen molar-refractivity contribution in [3.05, 3.63) is 76.0 Å². The zero-order valence-electron chi connectivity index (χ0n) is 16.3. The van der Waals surface area contributed by atoms with E-state index in [0.717, 1.165) is 15.5 Å². The van der Waals surface area contributed by atoms with E-state index in [1.165, 1.54) is 35.2 Å². The summed E-state index contributed by atoms with van der Waals surface area (Å²) in [4.78, 5) is 16.1. The highest BCUT2D eigenvalue weighted by atomic mass is 32.2. The lowest BCUT2D eigenvalue weighted by Crippen LogP contribution is -2.19. The fourth-order valence-electron chi connectivity index (χ4n) is 3.09. The number of rotatable bonds is 7. The van der Waals surface area contributed by atoms with Gasteiger partial charge < -0.3 is 14.2 Å². The first-order chi connectivity index (χ1) is 14.6. The summed E-state index contributed by atoms with van der Waals surface area (Å²) >= 11 is 2.93. The maximum absolute atomic E-state index is 14.1. The van der Waals surface area contributed by atoms with E-state index in [1.54, 1.807) is 6.92 Å². The maximum atomic E-state index is 14.1. The van der Waals surface area contributed by atoms with Gasteiger partial charge in [-0.1, -0.05) is 42.1 Å². The van der Waals surface area contributed by atoms with Crippen LogP contribution in [0.2, 0.25) is 0 Å². The Kier molecular flexibility index (Phi) is 6.66. The van der Waals surface area contributed by atoms with Crippen LogP contribution < -0.4 is 4.74 Å². The molecule has 30 heavy (non-hydrogen) atoms. The predicted molar refractivity (Wildman–Crippen MR) is 113 cm³/mol. The summed E-state index contributed by atoms with van der Waals surface area (Å²) in [5, 5.41) is 1.84. The highest BCUT2D eigenvalue weighted by Gasteiger charge is 2.25. The number of aromatic nitrogens is 1. The molecule has 0 unspecified atom stereocenters. The van der Waals surface area contributed by atoms with Gasteiger partial charge in [0.05, 0.1) is 25.3 Å². The first-order valence-electron chi connectivity index (χ1n) is 9.49. The Balaban J connectivity index is 1.47. The molecule has 5 nitrogen and oxygen atoms in total. The normalized spacial score (nSPS) is 15.3. The van der Waals surface area contributed by atoms with E-state index in [4.69, 9.17) is 14.2 Å². The molecule has 8 heteroatoms. The van der Waals surface area contributed by atoms with E-state index in [0.29, 0.717) is 29.4 Å². The number of nitrogens with zero attached hydrogens (tertiary/aromatic N) is 1.